The Bertz CT molecular complexity index is 508. The normalized spacial score (nSPS) is 11.1. The average molecular weight is 292 g/mol. The second kappa shape index (κ2) is 8.12. The second-order valence-corrected chi connectivity index (χ2v) is 4.20. The molecule has 0 aliphatic heterocycles. The monoisotopic (exact) mass is 292 g/mol. The molecule has 0 aromatic heterocycles. The first-order valence-electron chi connectivity index (χ1n) is 6.22. The maximum Gasteiger partial charge on any atom is 0.330 e. The van der Waals surface area contributed by atoms with Crippen molar-refractivity contribution >= 4 is 28.9 Å². The van der Waals surface area contributed by atoms with Crippen LogP contribution in [0.2, 0.25) is 0 Å². The second-order valence-electron chi connectivity index (χ2n) is 3.76. The summed E-state index contributed by atoms with van der Waals surface area (Å²) in [6, 6.07) is 8.91. The first-order valence-corrected chi connectivity index (χ1v) is 6.63. The Kier molecular flexibility index (Phi) is 6.47. The van der Waals surface area contributed by atoms with Crippen molar-refractivity contribution < 1.29 is 14.3 Å². The molecule has 5 nitrogen and oxygen atoms in total. The van der Waals surface area contributed by atoms with Crippen LogP contribution in [0.5, 0.6) is 5.75 Å². The molecule has 0 amide bonds. The number of carbonyl (C=O) groups excluding carboxylic acids is 1. The van der Waals surface area contributed by atoms with E-state index in [0.29, 0.717) is 12.3 Å². The minimum atomic E-state index is -1.10. The van der Waals surface area contributed by atoms with Gasteiger partial charge >= 0.3 is 5.97 Å². The summed E-state index contributed by atoms with van der Waals surface area (Å²) in [4.78, 5) is 11.7. The number of nitriles is 1. The highest BCUT2D eigenvalue weighted by Crippen LogP contribution is 2.17. The van der Waals surface area contributed by atoms with Crippen LogP contribution in [0.1, 0.15) is 13.8 Å². The molecule has 1 N–H and O–H groups in total. The van der Waals surface area contributed by atoms with Gasteiger partial charge in [-0.1, -0.05) is 12.2 Å². The number of thiocarbonyl (C=S) groups is 1. The summed E-state index contributed by atoms with van der Waals surface area (Å²) in [7, 11) is 0. The highest BCUT2D eigenvalue weighted by molar-refractivity contribution is 7.80. The number of nitrogens with zero attached hydrogens (tertiary/aromatic N) is 1. The summed E-state index contributed by atoms with van der Waals surface area (Å²) in [6.07, 6.45) is 0. The number of hydrogen-bond donors (Lipinski definition) is 1. The molecule has 0 heterocycles. The lowest BCUT2D eigenvalue weighted by Crippen LogP contribution is -2.28. The fourth-order valence-electron chi connectivity index (χ4n) is 1.46. The van der Waals surface area contributed by atoms with Crippen molar-refractivity contribution in [2.45, 2.75) is 13.8 Å². The number of hydrogen-bond acceptors (Lipinski definition) is 5. The molecule has 0 radical (unpaired) electrons. The van der Waals surface area contributed by atoms with E-state index in [1.165, 1.54) is 0 Å². The molecule has 20 heavy (non-hydrogen) atoms. The van der Waals surface area contributed by atoms with Crippen LogP contribution in [0.4, 0.5) is 5.69 Å². The molecular weight excluding hydrogens is 276 g/mol. The van der Waals surface area contributed by atoms with Crippen LogP contribution in [-0.4, -0.2) is 24.2 Å². The van der Waals surface area contributed by atoms with E-state index in [-0.39, 0.29) is 11.6 Å². The molecule has 0 aliphatic carbocycles. The lowest BCUT2D eigenvalue weighted by molar-refractivity contribution is -0.143. The fourth-order valence-corrected chi connectivity index (χ4v) is 1.73. The van der Waals surface area contributed by atoms with Crippen LogP contribution in [-0.2, 0) is 9.53 Å². The number of carbonyl (C=O) groups is 1. The first kappa shape index (κ1) is 15.9. The van der Waals surface area contributed by atoms with Crippen LogP contribution in [0.3, 0.4) is 0 Å². The summed E-state index contributed by atoms with van der Waals surface area (Å²) in [6.45, 7) is 4.38. The topological polar surface area (TPSA) is 71.4 Å². The highest BCUT2D eigenvalue weighted by Gasteiger charge is 2.24. The molecule has 1 aromatic rings. The van der Waals surface area contributed by atoms with E-state index < -0.39 is 11.9 Å². The van der Waals surface area contributed by atoms with Crippen molar-refractivity contribution in [3.8, 4) is 11.8 Å². The largest absolute Gasteiger partial charge is 0.494 e. The molecule has 1 aromatic carbocycles. The Labute approximate surface area is 123 Å². The van der Waals surface area contributed by atoms with Crippen molar-refractivity contribution in [3.05, 3.63) is 24.3 Å². The van der Waals surface area contributed by atoms with Crippen LogP contribution in [0, 0.1) is 17.2 Å². The van der Waals surface area contributed by atoms with Crippen molar-refractivity contribution in [2.75, 3.05) is 18.5 Å². The van der Waals surface area contributed by atoms with Gasteiger partial charge in [0.15, 0.2) is 5.92 Å². The van der Waals surface area contributed by atoms with Gasteiger partial charge < -0.3 is 14.8 Å². The summed E-state index contributed by atoms with van der Waals surface area (Å²) < 4.78 is 10.1. The number of nitrogens with one attached hydrogen (secondary N) is 1. The number of benzene rings is 1. The van der Waals surface area contributed by atoms with Gasteiger partial charge in [-0.2, -0.15) is 5.26 Å². The fraction of sp³-hybridized carbons (Fsp3) is 0.357. The van der Waals surface area contributed by atoms with E-state index in [2.05, 4.69) is 5.32 Å². The zero-order chi connectivity index (χ0) is 15.0. The van der Waals surface area contributed by atoms with Gasteiger partial charge in [-0.25, -0.2) is 0 Å². The molecular formula is C14H16N2O3S. The lowest BCUT2D eigenvalue weighted by atomic mass is 10.1. The lowest BCUT2D eigenvalue weighted by Gasteiger charge is -2.12. The quantitative estimate of drug-likeness (QED) is 0.641. The molecule has 1 rings (SSSR count). The van der Waals surface area contributed by atoms with Crippen molar-refractivity contribution in [3.63, 3.8) is 0 Å². The molecule has 0 saturated heterocycles. The third-order valence-corrected chi connectivity index (χ3v) is 2.68. The van der Waals surface area contributed by atoms with Gasteiger partial charge in [-0.05, 0) is 38.1 Å². The van der Waals surface area contributed by atoms with Gasteiger partial charge in [0, 0.05) is 5.69 Å². The van der Waals surface area contributed by atoms with E-state index in [4.69, 9.17) is 27.0 Å². The predicted molar refractivity (Wildman–Crippen MR) is 79.6 cm³/mol. The third-order valence-electron chi connectivity index (χ3n) is 2.35. The molecule has 106 valence electrons. The van der Waals surface area contributed by atoms with Crippen LogP contribution < -0.4 is 10.1 Å². The summed E-state index contributed by atoms with van der Waals surface area (Å²) in [5.74, 6) is -0.999. The standard InChI is InChI=1S/C14H16N2O3S/c1-3-18-11-7-5-10(6-8-11)16-13(20)12(9-15)14(17)19-4-2/h5-8,12H,3-4H2,1-2H3,(H,16,20). The minimum absolute atomic E-state index is 0.120. The summed E-state index contributed by atoms with van der Waals surface area (Å²) >= 11 is 5.07. The van der Waals surface area contributed by atoms with E-state index >= 15 is 0 Å². The maximum absolute atomic E-state index is 11.6. The van der Waals surface area contributed by atoms with Crippen molar-refractivity contribution in [1.29, 1.82) is 5.26 Å². The van der Waals surface area contributed by atoms with Crippen LogP contribution in [0.15, 0.2) is 24.3 Å². The van der Waals surface area contributed by atoms with Gasteiger partial charge in [0.05, 0.1) is 19.3 Å². The Morgan fingerprint density at radius 1 is 1.35 bits per heavy atom. The van der Waals surface area contributed by atoms with Crippen molar-refractivity contribution in [1.82, 2.24) is 0 Å². The van der Waals surface area contributed by atoms with Gasteiger partial charge in [-0.3, -0.25) is 4.79 Å². The Morgan fingerprint density at radius 3 is 2.50 bits per heavy atom. The Balaban J connectivity index is 2.69. The molecule has 0 fully saturated rings. The van der Waals surface area contributed by atoms with Gasteiger partial charge in [-0.15, -0.1) is 0 Å². The summed E-state index contributed by atoms with van der Waals surface area (Å²) in [5, 5.41) is 11.8. The SMILES string of the molecule is CCOC(=O)C(C#N)C(=S)Nc1ccc(OCC)cc1. The van der Waals surface area contributed by atoms with Crippen LogP contribution >= 0.6 is 12.2 Å². The first-order chi connectivity index (χ1) is 9.62. The van der Waals surface area contributed by atoms with E-state index in [1.807, 2.05) is 13.0 Å². The van der Waals surface area contributed by atoms with Gasteiger partial charge in [0.1, 0.15) is 10.7 Å². The molecule has 0 bridgehead atoms. The Morgan fingerprint density at radius 2 is 2.00 bits per heavy atom. The predicted octanol–water partition coefficient (Wildman–Crippen LogP) is 2.53. The third kappa shape index (κ3) is 4.52. The highest BCUT2D eigenvalue weighted by atomic mass is 32.1. The smallest absolute Gasteiger partial charge is 0.330 e. The van der Waals surface area contributed by atoms with E-state index in [0.717, 1.165) is 5.75 Å². The molecule has 1 atom stereocenters. The van der Waals surface area contributed by atoms with Crippen molar-refractivity contribution in [2.24, 2.45) is 5.92 Å². The molecule has 0 spiro atoms. The number of rotatable bonds is 6. The molecule has 6 heteroatoms. The molecule has 1 unspecified atom stereocenters. The van der Waals surface area contributed by atoms with Gasteiger partial charge in [0.25, 0.3) is 0 Å². The average Bonchev–Trinajstić information content (AvgIpc) is 2.42. The minimum Gasteiger partial charge on any atom is -0.494 e. The number of esters is 1. The molecule has 0 aliphatic rings. The number of anilines is 1. The van der Waals surface area contributed by atoms with Gasteiger partial charge in [0.2, 0.25) is 0 Å². The zero-order valence-electron chi connectivity index (χ0n) is 11.4. The zero-order valence-corrected chi connectivity index (χ0v) is 12.2. The maximum atomic E-state index is 11.6. The van der Waals surface area contributed by atoms with E-state index in [9.17, 15) is 4.79 Å². The number of ether oxygens (including phenoxy) is 2. The van der Waals surface area contributed by atoms with Crippen LogP contribution in [0.25, 0.3) is 0 Å². The molecule has 0 saturated carbocycles. The Hall–Kier alpha value is -2.13. The summed E-state index contributed by atoms with van der Waals surface area (Å²) in [5.41, 5.74) is 0.683. The van der Waals surface area contributed by atoms with E-state index in [1.54, 1.807) is 31.2 Å².